The monoisotopic (exact) mass is 553 g/mol. The molecule has 3 heterocycles. The summed E-state index contributed by atoms with van der Waals surface area (Å²) in [7, 11) is 1.65. The number of amides is 1. The van der Waals surface area contributed by atoms with Crippen LogP contribution in [0.15, 0.2) is 46.1 Å². The van der Waals surface area contributed by atoms with Gasteiger partial charge in [0, 0.05) is 45.5 Å². The van der Waals surface area contributed by atoms with Crippen LogP contribution in [0.1, 0.15) is 16.1 Å². The van der Waals surface area contributed by atoms with Gasteiger partial charge in [-0.3, -0.25) is 9.79 Å². The summed E-state index contributed by atoms with van der Waals surface area (Å²) in [6, 6.07) is 5.43. The van der Waals surface area contributed by atoms with Gasteiger partial charge >= 0.3 is 6.18 Å². The fourth-order valence-corrected chi connectivity index (χ4v) is 2.96. The third-order valence-electron chi connectivity index (χ3n) is 4.51. The van der Waals surface area contributed by atoms with Crippen LogP contribution in [0.5, 0.6) is 5.88 Å². The quantitative estimate of drug-likeness (QED) is 0.266. The van der Waals surface area contributed by atoms with E-state index in [1.807, 2.05) is 4.90 Å². The molecule has 0 atom stereocenters. The lowest BCUT2D eigenvalue weighted by Gasteiger charge is -2.36. The molecule has 12 heteroatoms. The number of aromatic nitrogens is 1. The van der Waals surface area contributed by atoms with Crippen LogP contribution in [0.25, 0.3) is 0 Å². The van der Waals surface area contributed by atoms with Crippen LogP contribution in [-0.4, -0.2) is 73.0 Å². The van der Waals surface area contributed by atoms with Crippen molar-refractivity contribution in [2.75, 3.05) is 46.4 Å². The molecule has 1 saturated heterocycles. The minimum absolute atomic E-state index is 0. The molecular weight excluding hydrogens is 530 g/mol. The number of piperazine rings is 1. The van der Waals surface area contributed by atoms with E-state index in [2.05, 4.69) is 15.3 Å². The van der Waals surface area contributed by atoms with E-state index in [-0.39, 0.29) is 42.4 Å². The molecule has 8 nitrogen and oxygen atoms in total. The Bertz CT molecular complexity index is 852. The van der Waals surface area contributed by atoms with Crippen molar-refractivity contribution in [1.82, 2.24) is 20.1 Å². The standard InChI is InChI=1S/C19H22F3N5O3.HI/c1-23-18(24-6-12-30-16-5-4-14(13-25-16)19(20,21)22)27-9-7-26(8-10-27)17(28)15-3-2-11-29-15;/h2-5,11,13H,6-10,12H2,1H3,(H,23,24);1H. The summed E-state index contributed by atoms with van der Waals surface area (Å²) < 4.78 is 48.1. The summed E-state index contributed by atoms with van der Waals surface area (Å²) in [6.45, 7) is 2.87. The first-order chi connectivity index (χ1) is 14.4. The predicted octanol–water partition coefficient (Wildman–Crippen LogP) is 2.72. The number of hydrogen-bond donors (Lipinski definition) is 1. The third-order valence-corrected chi connectivity index (χ3v) is 4.51. The summed E-state index contributed by atoms with van der Waals surface area (Å²) >= 11 is 0. The van der Waals surface area contributed by atoms with Gasteiger partial charge in [-0.2, -0.15) is 13.2 Å². The van der Waals surface area contributed by atoms with Crippen molar-refractivity contribution < 1.29 is 27.1 Å². The third kappa shape index (κ3) is 6.74. The number of nitrogens with one attached hydrogen (secondary N) is 1. The SMILES string of the molecule is CN=C(NCCOc1ccc(C(F)(F)F)cn1)N1CCN(C(=O)c2ccco2)CC1.I. The Kier molecular flexibility index (Phi) is 8.95. The van der Waals surface area contributed by atoms with Gasteiger partial charge in [-0.15, -0.1) is 24.0 Å². The van der Waals surface area contributed by atoms with E-state index in [9.17, 15) is 18.0 Å². The van der Waals surface area contributed by atoms with Crippen molar-refractivity contribution in [3.63, 3.8) is 0 Å². The Balaban J connectivity index is 0.00000341. The molecule has 0 radical (unpaired) electrons. The first-order valence-electron chi connectivity index (χ1n) is 9.33. The summed E-state index contributed by atoms with van der Waals surface area (Å²) in [4.78, 5) is 23.9. The van der Waals surface area contributed by atoms with Crippen LogP contribution in [-0.2, 0) is 6.18 Å². The molecule has 2 aromatic heterocycles. The number of halogens is 4. The summed E-state index contributed by atoms with van der Waals surface area (Å²) in [6.07, 6.45) is -2.21. The highest BCUT2D eigenvalue weighted by Gasteiger charge is 2.30. The molecule has 1 amide bonds. The van der Waals surface area contributed by atoms with Crippen molar-refractivity contribution in [3.8, 4) is 5.88 Å². The molecule has 0 aliphatic carbocycles. The molecule has 1 aliphatic rings. The molecule has 2 aromatic rings. The van der Waals surface area contributed by atoms with Gasteiger partial charge in [-0.25, -0.2) is 4.98 Å². The average molecular weight is 553 g/mol. The molecular formula is C19H23F3IN5O3. The number of pyridine rings is 1. The van der Waals surface area contributed by atoms with Gasteiger partial charge in [0.1, 0.15) is 6.61 Å². The number of guanidine groups is 1. The van der Waals surface area contributed by atoms with Crippen LogP contribution < -0.4 is 10.1 Å². The number of nitrogens with zero attached hydrogens (tertiary/aromatic N) is 4. The number of carbonyl (C=O) groups is 1. The second-order valence-electron chi connectivity index (χ2n) is 6.46. The summed E-state index contributed by atoms with van der Waals surface area (Å²) in [5.41, 5.74) is -0.821. The zero-order chi connectivity index (χ0) is 21.6. The Labute approximate surface area is 194 Å². The lowest BCUT2D eigenvalue weighted by Crippen LogP contribution is -2.54. The molecule has 0 aromatic carbocycles. The molecule has 31 heavy (non-hydrogen) atoms. The predicted molar refractivity (Wildman–Crippen MR) is 118 cm³/mol. The number of carbonyl (C=O) groups excluding carboxylic acids is 1. The second kappa shape index (κ2) is 11.2. The average Bonchev–Trinajstić information content (AvgIpc) is 3.28. The van der Waals surface area contributed by atoms with E-state index >= 15 is 0 Å². The molecule has 1 N–H and O–H groups in total. The van der Waals surface area contributed by atoms with E-state index in [4.69, 9.17) is 9.15 Å². The highest BCUT2D eigenvalue weighted by Crippen LogP contribution is 2.29. The van der Waals surface area contributed by atoms with Crippen molar-refractivity contribution in [2.45, 2.75) is 6.18 Å². The van der Waals surface area contributed by atoms with E-state index < -0.39 is 11.7 Å². The summed E-state index contributed by atoms with van der Waals surface area (Å²) in [5.74, 6) is 0.953. The lowest BCUT2D eigenvalue weighted by molar-refractivity contribution is -0.137. The zero-order valence-corrected chi connectivity index (χ0v) is 19.1. The first kappa shape index (κ1) is 24.8. The number of ether oxygens (including phenoxy) is 1. The van der Waals surface area contributed by atoms with Gasteiger partial charge in [0.05, 0.1) is 18.4 Å². The first-order valence-corrected chi connectivity index (χ1v) is 9.33. The maximum absolute atomic E-state index is 12.5. The Morgan fingerprint density at radius 3 is 2.48 bits per heavy atom. The smallest absolute Gasteiger partial charge is 0.417 e. The highest BCUT2D eigenvalue weighted by atomic mass is 127. The molecule has 1 aliphatic heterocycles. The maximum Gasteiger partial charge on any atom is 0.417 e. The number of aliphatic imine (C=N–C) groups is 1. The van der Waals surface area contributed by atoms with E-state index in [1.54, 1.807) is 24.1 Å². The minimum Gasteiger partial charge on any atom is -0.476 e. The largest absolute Gasteiger partial charge is 0.476 e. The van der Waals surface area contributed by atoms with Gasteiger partial charge in [0.2, 0.25) is 5.88 Å². The van der Waals surface area contributed by atoms with Gasteiger partial charge in [0.15, 0.2) is 11.7 Å². The van der Waals surface area contributed by atoms with E-state index in [0.717, 1.165) is 12.3 Å². The van der Waals surface area contributed by atoms with Crippen LogP contribution in [0.3, 0.4) is 0 Å². The topological polar surface area (TPSA) is 83.2 Å². The molecule has 1 fully saturated rings. The molecule has 170 valence electrons. The Morgan fingerprint density at radius 1 is 1.23 bits per heavy atom. The van der Waals surface area contributed by atoms with Crippen LogP contribution in [0.2, 0.25) is 0 Å². The number of hydrogen-bond acceptors (Lipinski definition) is 5. The van der Waals surface area contributed by atoms with Gasteiger partial charge in [-0.05, 0) is 18.2 Å². The van der Waals surface area contributed by atoms with E-state index in [1.165, 1.54) is 12.3 Å². The molecule has 0 bridgehead atoms. The normalized spacial score (nSPS) is 14.8. The number of alkyl halides is 3. The van der Waals surface area contributed by atoms with Crippen molar-refractivity contribution in [2.24, 2.45) is 4.99 Å². The zero-order valence-electron chi connectivity index (χ0n) is 16.8. The lowest BCUT2D eigenvalue weighted by atomic mass is 10.3. The van der Waals surface area contributed by atoms with Crippen molar-refractivity contribution >= 4 is 35.8 Å². The second-order valence-corrected chi connectivity index (χ2v) is 6.46. The Morgan fingerprint density at radius 2 is 1.94 bits per heavy atom. The number of rotatable bonds is 5. The molecule has 0 unspecified atom stereocenters. The molecule has 3 rings (SSSR count). The molecule has 0 spiro atoms. The van der Waals surface area contributed by atoms with E-state index in [0.29, 0.717) is 44.4 Å². The van der Waals surface area contributed by atoms with Crippen LogP contribution >= 0.6 is 24.0 Å². The van der Waals surface area contributed by atoms with Gasteiger partial charge in [0.25, 0.3) is 5.91 Å². The molecule has 0 saturated carbocycles. The fourth-order valence-electron chi connectivity index (χ4n) is 2.96. The van der Waals surface area contributed by atoms with Crippen LogP contribution in [0.4, 0.5) is 13.2 Å². The van der Waals surface area contributed by atoms with Gasteiger partial charge in [-0.1, -0.05) is 0 Å². The number of furan rings is 1. The fraction of sp³-hybridized carbons (Fsp3) is 0.421. The van der Waals surface area contributed by atoms with Crippen molar-refractivity contribution in [3.05, 3.63) is 48.0 Å². The Hall–Kier alpha value is -2.51. The van der Waals surface area contributed by atoms with Crippen LogP contribution in [0, 0.1) is 0 Å². The maximum atomic E-state index is 12.5. The van der Waals surface area contributed by atoms with Gasteiger partial charge < -0.3 is 24.3 Å². The summed E-state index contributed by atoms with van der Waals surface area (Å²) in [5, 5.41) is 3.14. The highest BCUT2D eigenvalue weighted by molar-refractivity contribution is 14.0. The minimum atomic E-state index is -4.42. The van der Waals surface area contributed by atoms with Crippen molar-refractivity contribution in [1.29, 1.82) is 0 Å².